The number of carboxylic acid groups (broad SMARTS) is 1. The molecule has 6 heteroatoms. The van der Waals surface area contributed by atoms with Crippen LogP contribution in [0.3, 0.4) is 0 Å². The van der Waals surface area contributed by atoms with Gasteiger partial charge in [0.05, 0.1) is 18.5 Å². The van der Waals surface area contributed by atoms with Crippen molar-refractivity contribution in [2.24, 2.45) is 0 Å². The predicted molar refractivity (Wildman–Crippen MR) is 90.8 cm³/mol. The highest BCUT2D eigenvalue weighted by Gasteiger charge is 2.20. The molecule has 3 rings (SSSR count). The fraction of sp³-hybridized carbons (Fsp3) is 0.278. The van der Waals surface area contributed by atoms with Crippen molar-refractivity contribution in [1.82, 2.24) is 14.8 Å². The summed E-state index contributed by atoms with van der Waals surface area (Å²) in [7, 11) is 1.55. The summed E-state index contributed by atoms with van der Waals surface area (Å²) in [5.74, 6) is -0.383. The minimum absolute atomic E-state index is 0.0380. The lowest BCUT2D eigenvalue weighted by Gasteiger charge is -2.12. The number of carbonyl (C=O) groups is 1. The quantitative estimate of drug-likeness (QED) is 0.780. The van der Waals surface area contributed by atoms with Gasteiger partial charge in [0, 0.05) is 17.4 Å². The molecule has 0 saturated heterocycles. The molecule has 0 bridgehead atoms. The topological polar surface area (TPSA) is 77.2 Å². The van der Waals surface area contributed by atoms with Gasteiger partial charge < -0.3 is 9.84 Å². The largest absolute Gasteiger partial charge is 0.481 e. The number of ether oxygens (including phenoxy) is 1. The zero-order valence-corrected chi connectivity index (χ0v) is 13.9. The Bertz CT molecular complexity index is 901. The molecule has 124 valence electrons. The van der Waals surface area contributed by atoms with Crippen LogP contribution in [0.4, 0.5) is 0 Å². The van der Waals surface area contributed by atoms with Crippen molar-refractivity contribution in [2.45, 2.75) is 26.7 Å². The number of hydrogen-bond acceptors (Lipinski definition) is 4. The molecule has 0 aliphatic heterocycles. The maximum atomic E-state index is 10.9. The van der Waals surface area contributed by atoms with Gasteiger partial charge in [-0.25, -0.2) is 4.68 Å². The molecule has 2 aromatic heterocycles. The van der Waals surface area contributed by atoms with E-state index in [2.05, 4.69) is 10.1 Å². The van der Waals surface area contributed by atoms with Crippen LogP contribution in [0.15, 0.2) is 30.3 Å². The Morgan fingerprint density at radius 1 is 1.25 bits per heavy atom. The lowest BCUT2D eigenvalue weighted by atomic mass is 10.0. The summed E-state index contributed by atoms with van der Waals surface area (Å²) in [5, 5.41) is 14.5. The van der Waals surface area contributed by atoms with Crippen LogP contribution in [0.25, 0.3) is 16.7 Å². The van der Waals surface area contributed by atoms with Gasteiger partial charge in [0.1, 0.15) is 0 Å². The molecule has 0 aliphatic carbocycles. The third kappa shape index (κ3) is 2.71. The van der Waals surface area contributed by atoms with E-state index >= 15 is 0 Å². The molecule has 3 aromatic rings. The SMILES string of the molecule is COc1nc2c(c(C)nn2-c2ccccc2)c(C)c1CCC(=O)O. The third-order valence-corrected chi connectivity index (χ3v) is 4.11. The first-order valence-electron chi connectivity index (χ1n) is 7.73. The lowest BCUT2D eigenvalue weighted by Crippen LogP contribution is -2.05. The molecule has 0 amide bonds. The summed E-state index contributed by atoms with van der Waals surface area (Å²) in [6.07, 6.45) is 0.416. The number of para-hydroxylation sites is 1. The van der Waals surface area contributed by atoms with Crippen LogP contribution in [0.5, 0.6) is 5.88 Å². The van der Waals surface area contributed by atoms with E-state index in [9.17, 15) is 4.79 Å². The number of hydrogen-bond donors (Lipinski definition) is 1. The van der Waals surface area contributed by atoms with Gasteiger partial charge in [-0.15, -0.1) is 0 Å². The molecular formula is C18H19N3O3. The van der Waals surface area contributed by atoms with E-state index in [1.807, 2.05) is 44.2 Å². The summed E-state index contributed by atoms with van der Waals surface area (Å²) in [6.45, 7) is 3.90. The van der Waals surface area contributed by atoms with Gasteiger partial charge in [0.25, 0.3) is 0 Å². The molecule has 24 heavy (non-hydrogen) atoms. The Morgan fingerprint density at radius 2 is 1.96 bits per heavy atom. The second kappa shape index (κ2) is 6.31. The maximum absolute atomic E-state index is 10.9. The average molecular weight is 325 g/mol. The lowest BCUT2D eigenvalue weighted by molar-refractivity contribution is -0.136. The maximum Gasteiger partial charge on any atom is 0.303 e. The van der Waals surface area contributed by atoms with Crippen molar-refractivity contribution < 1.29 is 14.6 Å². The van der Waals surface area contributed by atoms with Gasteiger partial charge in [-0.05, 0) is 38.0 Å². The van der Waals surface area contributed by atoms with Gasteiger partial charge in [-0.1, -0.05) is 18.2 Å². The molecule has 1 N–H and O–H groups in total. The highest BCUT2D eigenvalue weighted by molar-refractivity contribution is 5.85. The Labute approximate surface area is 139 Å². The molecule has 6 nitrogen and oxygen atoms in total. The molecule has 2 heterocycles. The van der Waals surface area contributed by atoms with Crippen LogP contribution in [-0.2, 0) is 11.2 Å². The second-order valence-corrected chi connectivity index (χ2v) is 5.65. The minimum Gasteiger partial charge on any atom is -0.481 e. The smallest absolute Gasteiger partial charge is 0.303 e. The highest BCUT2D eigenvalue weighted by Crippen LogP contribution is 2.31. The Balaban J connectivity index is 2.23. The number of carboxylic acids is 1. The van der Waals surface area contributed by atoms with E-state index in [1.165, 1.54) is 0 Å². The number of aryl methyl sites for hydroxylation is 2. The van der Waals surface area contributed by atoms with E-state index in [0.717, 1.165) is 27.9 Å². The molecule has 0 saturated carbocycles. The van der Waals surface area contributed by atoms with E-state index in [4.69, 9.17) is 9.84 Å². The number of methoxy groups -OCH3 is 1. The van der Waals surface area contributed by atoms with Crippen LogP contribution in [-0.4, -0.2) is 33.0 Å². The van der Waals surface area contributed by atoms with Gasteiger partial charge in [-0.2, -0.15) is 10.1 Å². The van der Waals surface area contributed by atoms with Gasteiger partial charge in [0.2, 0.25) is 5.88 Å². The van der Waals surface area contributed by atoms with Crippen LogP contribution in [0.1, 0.15) is 23.2 Å². The van der Waals surface area contributed by atoms with E-state index in [1.54, 1.807) is 11.8 Å². The van der Waals surface area contributed by atoms with Crippen LogP contribution in [0, 0.1) is 13.8 Å². The van der Waals surface area contributed by atoms with Crippen molar-refractivity contribution in [3.05, 3.63) is 47.2 Å². The monoisotopic (exact) mass is 325 g/mol. The first-order valence-corrected chi connectivity index (χ1v) is 7.73. The molecular weight excluding hydrogens is 306 g/mol. The molecule has 0 radical (unpaired) electrons. The van der Waals surface area contributed by atoms with Crippen molar-refractivity contribution in [3.8, 4) is 11.6 Å². The first-order chi connectivity index (χ1) is 11.5. The molecule has 0 unspecified atom stereocenters. The number of aliphatic carboxylic acids is 1. The van der Waals surface area contributed by atoms with Gasteiger partial charge in [0.15, 0.2) is 5.65 Å². The average Bonchev–Trinajstić information content (AvgIpc) is 2.91. The van der Waals surface area contributed by atoms with Crippen molar-refractivity contribution in [2.75, 3.05) is 7.11 Å². The zero-order chi connectivity index (χ0) is 17.3. The third-order valence-electron chi connectivity index (χ3n) is 4.11. The standard InChI is InChI=1S/C18H19N3O3/c1-11-14(9-10-15(22)23)18(24-3)19-17-16(11)12(2)20-21(17)13-7-5-4-6-8-13/h4-8H,9-10H2,1-3H3,(H,22,23). The number of fused-ring (bicyclic) bond motifs is 1. The fourth-order valence-electron chi connectivity index (χ4n) is 2.98. The van der Waals surface area contributed by atoms with Crippen LogP contribution in [0.2, 0.25) is 0 Å². The first kappa shape index (κ1) is 16.0. The van der Waals surface area contributed by atoms with Gasteiger partial charge >= 0.3 is 5.97 Å². The summed E-state index contributed by atoms with van der Waals surface area (Å²) in [6, 6.07) is 9.78. The minimum atomic E-state index is -0.840. The molecule has 0 spiro atoms. The second-order valence-electron chi connectivity index (χ2n) is 5.65. The number of pyridine rings is 1. The summed E-state index contributed by atoms with van der Waals surface area (Å²) < 4.78 is 7.21. The van der Waals surface area contributed by atoms with E-state index in [-0.39, 0.29) is 6.42 Å². The summed E-state index contributed by atoms with van der Waals surface area (Å²) in [4.78, 5) is 15.5. The van der Waals surface area contributed by atoms with E-state index < -0.39 is 5.97 Å². The van der Waals surface area contributed by atoms with Crippen molar-refractivity contribution >= 4 is 17.0 Å². The molecule has 0 atom stereocenters. The number of aromatic nitrogens is 3. The normalized spacial score (nSPS) is 11.0. The Hall–Kier alpha value is -2.89. The predicted octanol–water partition coefficient (Wildman–Crippen LogP) is 3.06. The number of rotatable bonds is 5. The molecule has 0 aliphatic rings. The Morgan fingerprint density at radius 3 is 2.58 bits per heavy atom. The summed E-state index contributed by atoms with van der Waals surface area (Å²) in [5.41, 5.74) is 4.29. The molecule has 0 fully saturated rings. The highest BCUT2D eigenvalue weighted by atomic mass is 16.5. The number of nitrogens with zero attached hydrogens (tertiary/aromatic N) is 3. The zero-order valence-electron chi connectivity index (χ0n) is 13.9. The van der Waals surface area contributed by atoms with Crippen LogP contribution >= 0.6 is 0 Å². The van der Waals surface area contributed by atoms with Gasteiger partial charge in [-0.3, -0.25) is 4.79 Å². The van der Waals surface area contributed by atoms with E-state index in [0.29, 0.717) is 17.9 Å². The van der Waals surface area contributed by atoms with Crippen LogP contribution < -0.4 is 4.74 Å². The fourth-order valence-corrected chi connectivity index (χ4v) is 2.98. The molecule has 1 aromatic carbocycles. The van der Waals surface area contributed by atoms with Crippen molar-refractivity contribution in [3.63, 3.8) is 0 Å². The van der Waals surface area contributed by atoms with Crippen molar-refractivity contribution in [1.29, 1.82) is 0 Å². The Kier molecular flexibility index (Phi) is 4.20. The summed E-state index contributed by atoms with van der Waals surface area (Å²) >= 11 is 0. The number of benzene rings is 1.